The maximum atomic E-state index is 13.5. The molecular weight excluding hydrogens is 412 g/mol. The van der Waals surface area contributed by atoms with Crippen LogP contribution in [0, 0.1) is 11.6 Å². The number of primary amides is 1. The van der Waals surface area contributed by atoms with Crippen LogP contribution >= 0.6 is 0 Å². The highest BCUT2D eigenvalue weighted by molar-refractivity contribution is 5.97. The van der Waals surface area contributed by atoms with Gasteiger partial charge in [0.1, 0.15) is 11.6 Å². The number of nitrogens with two attached hydrogens (primary N) is 1. The minimum Gasteiger partial charge on any atom is -0.453 e. The van der Waals surface area contributed by atoms with Crippen molar-refractivity contribution in [3.05, 3.63) is 65.2 Å². The zero-order chi connectivity index (χ0) is 23.0. The first-order chi connectivity index (χ1) is 14.7. The lowest BCUT2D eigenvalue weighted by Crippen LogP contribution is -2.30. The average Bonchev–Trinajstić information content (AvgIpc) is 2.71. The molecule has 0 radical (unpaired) electrons. The second kappa shape index (κ2) is 10.8. The zero-order valence-electron chi connectivity index (χ0n) is 16.6. The van der Waals surface area contributed by atoms with E-state index in [1.165, 1.54) is 31.2 Å². The van der Waals surface area contributed by atoms with E-state index in [9.17, 15) is 28.0 Å². The second-order valence-electron chi connectivity index (χ2n) is 6.55. The van der Waals surface area contributed by atoms with Crippen molar-refractivity contribution >= 4 is 29.4 Å². The fraction of sp³-hybridized carbons (Fsp3) is 0.238. The van der Waals surface area contributed by atoms with Gasteiger partial charge in [-0.1, -0.05) is 0 Å². The molecule has 0 saturated carbocycles. The number of benzene rings is 2. The predicted molar refractivity (Wildman–Crippen MR) is 107 cm³/mol. The van der Waals surface area contributed by atoms with Gasteiger partial charge in [-0.3, -0.25) is 19.2 Å². The summed E-state index contributed by atoms with van der Waals surface area (Å²) in [6.07, 6.45) is -0.973. The molecule has 0 saturated heterocycles. The molecule has 31 heavy (non-hydrogen) atoms. The van der Waals surface area contributed by atoms with E-state index in [-0.39, 0.29) is 30.5 Å². The summed E-state index contributed by atoms with van der Waals surface area (Å²) in [6, 6.07) is 8.45. The third-order valence-corrected chi connectivity index (χ3v) is 4.13. The number of hydrogen-bond donors (Lipinski definition) is 3. The standard InChI is InChI=1S/C21H21F2N3O5/c1-12(20(29)26-15-7-4-13(5-8-15)19(24)28)31-18(27)3-2-10-25-21(30)16-9-6-14(22)11-17(16)23/h4-9,11-12H,2-3,10H2,1H3,(H2,24,28)(H,25,30)(H,26,29). The first-order valence-electron chi connectivity index (χ1n) is 9.31. The van der Waals surface area contributed by atoms with Gasteiger partial charge in [-0.25, -0.2) is 8.78 Å². The van der Waals surface area contributed by atoms with E-state index >= 15 is 0 Å². The number of halogens is 2. The van der Waals surface area contributed by atoms with Gasteiger partial charge < -0.3 is 21.1 Å². The maximum absolute atomic E-state index is 13.5. The van der Waals surface area contributed by atoms with Crippen molar-refractivity contribution in [3.63, 3.8) is 0 Å². The van der Waals surface area contributed by atoms with Crippen LogP contribution in [0.15, 0.2) is 42.5 Å². The van der Waals surface area contributed by atoms with Crippen molar-refractivity contribution in [2.24, 2.45) is 5.73 Å². The molecule has 0 aliphatic rings. The monoisotopic (exact) mass is 433 g/mol. The molecular formula is C21H21F2N3O5. The Morgan fingerprint density at radius 2 is 1.74 bits per heavy atom. The second-order valence-corrected chi connectivity index (χ2v) is 6.55. The zero-order valence-corrected chi connectivity index (χ0v) is 16.6. The number of hydrogen-bond acceptors (Lipinski definition) is 5. The van der Waals surface area contributed by atoms with Crippen LogP contribution in [0.25, 0.3) is 0 Å². The Kier molecular flexibility index (Phi) is 8.18. The summed E-state index contributed by atoms with van der Waals surface area (Å²) in [5.74, 6) is -4.34. The number of ether oxygens (including phenoxy) is 1. The SMILES string of the molecule is CC(OC(=O)CCCNC(=O)c1ccc(F)cc1F)C(=O)Nc1ccc(C(N)=O)cc1. The van der Waals surface area contributed by atoms with Crippen molar-refractivity contribution < 1.29 is 32.7 Å². The first-order valence-corrected chi connectivity index (χ1v) is 9.31. The molecule has 0 heterocycles. The van der Waals surface area contributed by atoms with E-state index in [4.69, 9.17) is 10.5 Å². The van der Waals surface area contributed by atoms with Gasteiger partial charge in [-0.2, -0.15) is 0 Å². The van der Waals surface area contributed by atoms with Crippen molar-refractivity contribution in [1.29, 1.82) is 0 Å². The highest BCUT2D eigenvalue weighted by atomic mass is 19.1. The summed E-state index contributed by atoms with van der Waals surface area (Å²) in [5, 5.41) is 4.95. The minimum absolute atomic E-state index is 0.0531. The van der Waals surface area contributed by atoms with Crippen LogP contribution in [0.4, 0.5) is 14.5 Å². The van der Waals surface area contributed by atoms with Crippen LogP contribution in [0.2, 0.25) is 0 Å². The number of carbonyl (C=O) groups excluding carboxylic acids is 4. The molecule has 2 rings (SSSR count). The van der Waals surface area contributed by atoms with E-state index in [0.717, 1.165) is 12.1 Å². The summed E-state index contributed by atoms with van der Waals surface area (Å²) in [7, 11) is 0. The van der Waals surface area contributed by atoms with Crippen molar-refractivity contribution in [2.45, 2.75) is 25.9 Å². The van der Waals surface area contributed by atoms with Crippen molar-refractivity contribution in [1.82, 2.24) is 5.32 Å². The van der Waals surface area contributed by atoms with Crippen LogP contribution in [0.1, 0.15) is 40.5 Å². The van der Waals surface area contributed by atoms with E-state index in [1.54, 1.807) is 0 Å². The molecule has 8 nitrogen and oxygen atoms in total. The average molecular weight is 433 g/mol. The Hall–Kier alpha value is -3.82. The van der Waals surface area contributed by atoms with Crippen LogP contribution in [0.3, 0.4) is 0 Å². The molecule has 2 aromatic rings. The van der Waals surface area contributed by atoms with E-state index in [0.29, 0.717) is 11.8 Å². The summed E-state index contributed by atoms with van der Waals surface area (Å²) >= 11 is 0. The largest absolute Gasteiger partial charge is 0.453 e. The lowest BCUT2D eigenvalue weighted by atomic mass is 10.2. The fourth-order valence-electron chi connectivity index (χ4n) is 2.47. The van der Waals surface area contributed by atoms with Crippen LogP contribution in [0.5, 0.6) is 0 Å². The Bertz CT molecular complexity index is 979. The van der Waals surface area contributed by atoms with Crippen molar-refractivity contribution in [3.8, 4) is 0 Å². The lowest BCUT2D eigenvalue weighted by molar-refractivity contribution is -0.153. The summed E-state index contributed by atoms with van der Waals surface area (Å²) in [4.78, 5) is 46.9. The Morgan fingerprint density at radius 1 is 1.06 bits per heavy atom. The van der Waals surface area contributed by atoms with Gasteiger partial charge >= 0.3 is 5.97 Å². The molecule has 164 valence electrons. The number of amides is 3. The van der Waals surface area contributed by atoms with Gasteiger partial charge in [0.05, 0.1) is 5.56 Å². The molecule has 3 amide bonds. The van der Waals surface area contributed by atoms with E-state index < -0.39 is 41.4 Å². The molecule has 1 atom stereocenters. The van der Waals surface area contributed by atoms with Gasteiger partial charge in [0.2, 0.25) is 5.91 Å². The van der Waals surface area contributed by atoms with Crippen molar-refractivity contribution in [2.75, 3.05) is 11.9 Å². The van der Waals surface area contributed by atoms with Gasteiger partial charge in [-0.15, -0.1) is 0 Å². The highest BCUT2D eigenvalue weighted by Crippen LogP contribution is 2.11. The lowest BCUT2D eigenvalue weighted by Gasteiger charge is -2.14. The molecule has 10 heteroatoms. The third-order valence-electron chi connectivity index (χ3n) is 4.13. The highest BCUT2D eigenvalue weighted by Gasteiger charge is 2.18. The maximum Gasteiger partial charge on any atom is 0.306 e. The van der Waals surface area contributed by atoms with Gasteiger partial charge in [0.25, 0.3) is 11.8 Å². The van der Waals surface area contributed by atoms with Crippen LogP contribution in [-0.4, -0.2) is 36.3 Å². The van der Waals surface area contributed by atoms with Gasteiger partial charge in [0.15, 0.2) is 6.10 Å². The topological polar surface area (TPSA) is 128 Å². The molecule has 0 aliphatic heterocycles. The van der Waals surface area contributed by atoms with E-state index in [1.807, 2.05) is 0 Å². The molecule has 0 bridgehead atoms. The smallest absolute Gasteiger partial charge is 0.306 e. The fourth-order valence-corrected chi connectivity index (χ4v) is 2.47. The number of nitrogens with one attached hydrogen (secondary N) is 2. The third kappa shape index (κ3) is 7.18. The van der Waals surface area contributed by atoms with Crippen LogP contribution in [-0.2, 0) is 14.3 Å². The number of rotatable bonds is 9. The minimum atomic E-state index is -1.08. The normalized spacial score (nSPS) is 11.3. The predicted octanol–water partition coefficient (Wildman–Crippen LogP) is 2.14. The first kappa shape index (κ1) is 23.5. The van der Waals surface area contributed by atoms with Gasteiger partial charge in [0, 0.05) is 30.3 Å². The quantitative estimate of drug-likeness (QED) is 0.412. The molecule has 4 N–H and O–H groups in total. The number of anilines is 1. The number of esters is 1. The summed E-state index contributed by atoms with van der Waals surface area (Å²) in [6.45, 7) is 1.45. The molecule has 0 fully saturated rings. The van der Waals surface area contributed by atoms with Crippen LogP contribution < -0.4 is 16.4 Å². The number of carbonyl (C=O) groups is 4. The van der Waals surface area contributed by atoms with E-state index in [2.05, 4.69) is 10.6 Å². The summed E-state index contributed by atoms with van der Waals surface area (Å²) < 4.78 is 31.4. The molecule has 0 spiro atoms. The molecule has 0 aliphatic carbocycles. The van der Waals surface area contributed by atoms with Gasteiger partial charge in [-0.05, 0) is 49.7 Å². The molecule has 0 aromatic heterocycles. The Balaban J connectivity index is 1.71. The Morgan fingerprint density at radius 3 is 2.35 bits per heavy atom. The molecule has 1 unspecified atom stereocenters. The summed E-state index contributed by atoms with van der Waals surface area (Å²) in [5.41, 5.74) is 5.51. The Labute approximate surface area is 176 Å². The molecule has 2 aromatic carbocycles.